The Hall–Kier alpha value is -4.40. The minimum atomic E-state index is -1.03. The largest absolute Gasteiger partial charge is 0.489 e. The fraction of sp³-hybridized carbons (Fsp3) is 0.289. The zero-order valence-electron chi connectivity index (χ0n) is 26.9. The lowest BCUT2D eigenvalue weighted by Gasteiger charge is -2.25. The number of rotatable bonds is 10. The maximum Gasteiger partial charge on any atom is 0.335 e. The quantitative estimate of drug-likeness (QED) is 0.158. The Morgan fingerprint density at radius 1 is 0.917 bits per heavy atom. The molecule has 0 bridgehead atoms. The van der Waals surface area contributed by atoms with E-state index in [2.05, 4.69) is 4.57 Å². The van der Waals surface area contributed by atoms with Crippen molar-refractivity contribution < 1.29 is 23.8 Å². The van der Waals surface area contributed by atoms with Crippen molar-refractivity contribution in [1.82, 2.24) is 14.5 Å². The normalized spacial score (nSPS) is 13.2. The molecule has 1 heterocycles. The molecule has 0 atom stereocenters. The van der Waals surface area contributed by atoms with E-state index in [0.717, 1.165) is 54.3 Å². The summed E-state index contributed by atoms with van der Waals surface area (Å²) in [5.41, 5.74) is 4.93. The summed E-state index contributed by atoms with van der Waals surface area (Å²) in [6.45, 7) is 5.20. The molecule has 5 aromatic rings. The van der Waals surface area contributed by atoms with Crippen LogP contribution >= 0.6 is 24.0 Å². The van der Waals surface area contributed by atoms with E-state index in [1.807, 2.05) is 56.3 Å². The zero-order chi connectivity index (χ0) is 33.1. The SMILES string of the molecule is CCN(CC)C(=O)c1ccc(-c2ccc(Cl)cc2)c(COc2ccc(-c3nc4cc(C(=O)O)ccc4n3C3CCCCC3)c(F)c2)c1.Cl. The average Bonchev–Trinajstić information content (AvgIpc) is 3.47. The van der Waals surface area contributed by atoms with Crippen molar-refractivity contribution in [3.05, 3.63) is 106 Å². The van der Waals surface area contributed by atoms with E-state index in [1.54, 1.807) is 35.2 Å². The van der Waals surface area contributed by atoms with Crippen LogP contribution in [0.1, 0.15) is 78.3 Å². The molecular formula is C38H38Cl2FN3O4. The number of hydrogen-bond acceptors (Lipinski definition) is 4. The minimum Gasteiger partial charge on any atom is -0.489 e. The molecular weight excluding hydrogens is 652 g/mol. The molecule has 1 aromatic heterocycles. The van der Waals surface area contributed by atoms with Crippen LogP contribution in [0.5, 0.6) is 5.75 Å². The van der Waals surface area contributed by atoms with Gasteiger partial charge in [-0.2, -0.15) is 0 Å². The Kier molecular flexibility index (Phi) is 11.1. The Labute approximate surface area is 290 Å². The van der Waals surface area contributed by atoms with Crippen molar-refractivity contribution in [1.29, 1.82) is 0 Å². The van der Waals surface area contributed by atoms with Gasteiger partial charge in [0.15, 0.2) is 0 Å². The smallest absolute Gasteiger partial charge is 0.335 e. The predicted octanol–water partition coefficient (Wildman–Crippen LogP) is 9.85. The van der Waals surface area contributed by atoms with E-state index in [0.29, 0.717) is 46.3 Å². The maximum absolute atomic E-state index is 16.0. The number of halogens is 3. The van der Waals surface area contributed by atoms with Crippen molar-refractivity contribution in [2.24, 2.45) is 0 Å². The standard InChI is InChI=1S/C38H37ClFN3O4.ClH/c1-3-42(4-2)37(44)25-12-17-31(24-10-14-28(39)15-11-24)27(20-25)23-47-30-16-18-32(33(40)22-30)36-41-34-21-26(38(45)46)13-19-35(34)43(36)29-8-6-5-7-9-29;/h10-22,29H,3-9,23H2,1-2H3,(H,45,46);1H. The second-order valence-electron chi connectivity index (χ2n) is 11.9. The van der Waals surface area contributed by atoms with Crippen LogP contribution in [-0.2, 0) is 6.61 Å². The number of carbonyl (C=O) groups is 2. The van der Waals surface area contributed by atoms with Crippen LogP contribution in [-0.4, -0.2) is 44.5 Å². The number of ether oxygens (including phenoxy) is 1. The van der Waals surface area contributed by atoms with Gasteiger partial charge in [0.25, 0.3) is 5.91 Å². The van der Waals surface area contributed by atoms with Gasteiger partial charge in [0.2, 0.25) is 0 Å². The molecule has 7 nitrogen and oxygen atoms in total. The summed E-state index contributed by atoms with van der Waals surface area (Å²) in [5.74, 6) is -0.772. The number of fused-ring (bicyclic) bond motifs is 1. The fourth-order valence-electron chi connectivity index (χ4n) is 6.51. The number of aromatic carboxylic acids is 1. The van der Waals surface area contributed by atoms with Crippen molar-refractivity contribution in [2.45, 2.75) is 58.6 Å². The highest BCUT2D eigenvalue weighted by atomic mass is 35.5. The molecule has 1 N–H and O–H groups in total. The summed E-state index contributed by atoms with van der Waals surface area (Å²) in [7, 11) is 0. The van der Waals surface area contributed by atoms with Gasteiger partial charge in [0.05, 0.1) is 22.2 Å². The third kappa shape index (κ3) is 7.20. The van der Waals surface area contributed by atoms with Gasteiger partial charge in [-0.15, -0.1) is 12.4 Å². The number of benzene rings is 4. The second-order valence-corrected chi connectivity index (χ2v) is 12.3. The zero-order valence-corrected chi connectivity index (χ0v) is 28.5. The Bertz CT molecular complexity index is 1930. The minimum absolute atomic E-state index is 0. The first-order valence-electron chi connectivity index (χ1n) is 16.1. The molecule has 1 aliphatic rings. The lowest BCUT2D eigenvalue weighted by Crippen LogP contribution is -2.30. The van der Waals surface area contributed by atoms with Crippen LogP contribution in [0, 0.1) is 5.82 Å². The molecule has 6 rings (SSSR count). The van der Waals surface area contributed by atoms with E-state index < -0.39 is 11.8 Å². The monoisotopic (exact) mass is 689 g/mol. The van der Waals surface area contributed by atoms with Crippen LogP contribution in [0.25, 0.3) is 33.5 Å². The van der Waals surface area contributed by atoms with Gasteiger partial charge in [0.1, 0.15) is 24.0 Å². The van der Waals surface area contributed by atoms with Crippen LogP contribution in [0.4, 0.5) is 4.39 Å². The van der Waals surface area contributed by atoms with Crippen LogP contribution in [0.3, 0.4) is 0 Å². The summed E-state index contributed by atoms with van der Waals surface area (Å²) in [4.78, 5) is 31.4. The highest BCUT2D eigenvalue weighted by Gasteiger charge is 2.25. The van der Waals surface area contributed by atoms with Crippen molar-refractivity contribution >= 4 is 46.9 Å². The average molecular weight is 691 g/mol. The van der Waals surface area contributed by atoms with Crippen molar-refractivity contribution in [3.8, 4) is 28.3 Å². The molecule has 4 aromatic carbocycles. The fourth-order valence-corrected chi connectivity index (χ4v) is 6.64. The van der Waals surface area contributed by atoms with E-state index in [9.17, 15) is 14.7 Å². The van der Waals surface area contributed by atoms with E-state index in [4.69, 9.17) is 21.3 Å². The van der Waals surface area contributed by atoms with Gasteiger partial charge in [-0.1, -0.05) is 49.1 Å². The van der Waals surface area contributed by atoms with Gasteiger partial charge in [0, 0.05) is 35.8 Å². The van der Waals surface area contributed by atoms with E-state index in [1.165, 1.54) is 6.07 Å². The van der Waals surface area contributed by atoms with Crippen molar-refractivity contribution in [3.63, 3.8) is 0 Å². The summed E-state index contributed by atoms with van der Waals surface area (Å²) in [5, 5.41) is 10.2. The van der Waals surface area contributed by atoms with Gasteiger partial charge in [-0.25, -0.2) is 14.2 Å². The Balaban J connectivity index is 0.00000451. The molecule has 48 heavy (non-hydrogen) atoms. The molecule has 1 amide bonds. The van der Waals surface area contributed by atoms with Gasteiger partial charge >= 0.3 is 5.97 Å². The highest BCUT2D eigenvalue weighted by molar-refractivity contribution is 6.30. The van der Waals surface area contributed by atoms with Gasteiger partial charge < -0.3 is 19.3 Å². The van der Waals surface area contributed by atoms with Crippen molar-refractivity contribution in [2.75, 3.05) is 13.1 Å². The molecule has 1 aliphatic carbocycles. The first-order valence-corrected chi connectivity index (χ1v) is 16.5. The Morgan fingerprint density at radius 3 is 2.27 bits per heavy atom. The molecule has 1 fully saturated rings. The molecule has 250 valence electrons. The van der Waals surface area contributed by atoms with E-state index in [-0.39, 0.29) is 36.5 Å². The van der Waals surface area contributed by atoms with Gasteiger partial charge in [-0.3, -0.25) is 4.79 Å². The number of nitrogens with zero attached hydrogens (tertiary/aromatic N) is 3. The summed E-state index contributed by atoms with van der Waals surface area (Å²) in [6, 6.07) is 22.8. The molecule has 0 radical (unpaired) electrons. The highest BCUT2D eigenvalue weighted by Crippen LogP contribution is 2.38. The molecule has 10 heteroatoms. The number of aromatic nitrogens is 2. The number of hydrogen-bond donors (Lipinski definition) is 1. The number of carboxylic acids is 1. The number of carboxylic acid groups (broad SMARTS) is 1. The molecule has 0 spiro atoms. The van der Waals surface area contributed by atoms with Crippen LogP contribution < -0.4 is 4.74 Å². The lowest BCUT2D eigenvalue weighted by atomic mass is 9.94. The third-order valence-corrected chi connectivity index (χ3v) is 9.26. The lowest BCUT2D eigenvalue weighted by molar-refractivity contribution is 0.0696. The second kappa shape index (κ2) is 15.2. The number of imidazole rings is 1. The number of carbonyl (C=O) groups excluding carboxylic acids is 1. The summed E-state index contributed by atoms with van der Waals surface area (Å²) < 4.78 is 24.2. The molecule has 0 aliphatic heterocycles. The topological polar surface area (TPSA) is 84.7 Å². The number of amides is 1. The molecule has 0 saturated heterocycles. The molecule has 0 unspecified atom stereocenters. The summed E-state index contributed by atoms with van der Waals surface area (Å²) >= 11 is 6.14. The Morgan fingerprint density at radius 2 is 1.60 bits per heavy atom. The van der Waals surface area contributed by atoms with Crippen LogP contribution in [0.15, 0.2) is 78.9 Å². The first-order chi connectivity index (χ1) is 22.8. The third-order valence-electron chi connectivity index (χ3n) is 9.01. The molecule has 1 saturated carbocycles. The maximum atomic E-state index is 16.0. The summed E-state index contributed by atoms with van der Waals surface area (Å²) in [6.07, 6.45) is 5.22. The van der Waals surface area contributed by atoms with Gasteiger partial charge in [-0.05, 0) is 98.0 Å². The predicted molar refractivity (Wildman–Crippen MR) is 190 cm³/mol. The van der Waals surface area contributed by atoms with E-state index >= 15 is 4.39 Å². The first kappa shape index (κ1) is 34.9. The van der Waals surface area contributed by atoms with Crippen LogP contribution in [0.2, 0.25) is 5.02 Å².